The van der Waals surface area contributed by atoms with Crippen LogP contribution < -0.4 is 5.32 Å². The maximum Gasteiger partial charge on any atom is 0.416 e. The third kappa shape index (κ3) is 5.12. The van der Waals surface area contributed by atoms with Crippen molar-refractivity contribution in [1.29, 1.82) is 0 Å². The Balaban J connectivity index is 1.64. The third-order valence-electron chi connectivity index (χ3n) is 8.97. The first-order chi connectivity index (χ1) is 18.3. The highest BCUT2D eigenvalue weighted by Gasteiger charge is 2.60. The van der Waals surface area contributed by atoms with Crippen LogP contribution in [0.3, 0.4) is 0 Å². The van der Waals surface area contributed by atoms with Gasteiger partial charge < -0.3 is 15.3 Å². The molecule has 4 unspecified atom stereocenters. The summed E-state index contributed by atoms with van der Waals surface area (Å²) in [6, 6.07) is 8.64. The molecule has 39 heavy (non-hydrogen) atoms. The Labute approximate surface area is 227 Å². The van der Waals surface area contributed by atoms with Crippen molar-refractivity contribution >= 4 is 17.7 Å². The van der Waals surface area contributed by atoms with E-state index in [1.165, 1.54) is 6.92 Å². The summed E-state index contributed by atoms with van der Waals surface area (Å²) in [4.78, 5) is 33.2. The number of nitrogens with one attached hydrogen (secondary N) is 1. The maximum absolute atomic E-state index is 14.3. The molecule has 2 N–H and O–H groups in total. The van der Waals surface area contributed by atoms with Crippen LogP contribution in [-0.4, -0.2) is 39.0 Å². The van der Waals surface area contributed by atoms with Crippen LogP contribution in [0.4, 0.5) is 19.0 Å². The van der Waals surface area contributed by atoms with Crippen molar-refractivity contribution in [3.05, 3.63) is 59.3 Å². The second-order valence-corrected chi connectivity index (χ2v) is 12.6. The van der Waals surface area contributed by atoms with Gasteiger partial charge in [0.1, 0.15) is 11.9 Å². The second kappa shape index (κ2) is 9.82. The minimum absolute atomic E-state index is 0.0147. The maximum atomic E-state index is 14.3. The first-order valence-corrected chi connectivity index (χ1v) is 13.7. The number of anilines is 1. The van der Waals surface area contributed by atoms with E-state index in [-0.39, 0.29) is 29.3 Å². The molecule has 1 aromatic carbocycles. The number of aromatic nitrogens is 1. The molecule has 1 aliphatic heterocycles. The number of aliphatic carboxylic acids is 1. The van der Waals surface area contributed by atoms with E-state index in [0.29, 0.717) is 5.92 Å². The molecule has 9 heteroatoms. The van der Waals surface area contributed by atoms with Gasteiger partial charge in [-0.1, -0.05) is 57.5 Å². The lowest BCUT2D eigenvalue weighted by Gasteiger charge is -2.36. The summed E-state index contributed by atoms with van der Waals surface area (Å²) < 4.78 is 41.0. The predicted octanol–water partition coefficient (Wildman–Crippen LogP) is 6.32. The molecule has 1 amide bonds. The molecule has 2 aromatic rings. The molecule has 2 aliphatic carbocycles. The third-order valence-corrected chi connectivity index (χ3v) is 8.97. The molecule has 7 atom stereocenters. The summed E-state index contributed by atoms with van der Waals surface area (Å²) in [6.45, 7) is 7.25. The Morgan fingerprint density at radius 2 is 1.74 bits per heavy atom. The Morgan fingerprint density at radius 3 is 2.28 bits per heavy atom. The van der Waals surface area contributed by atoms with Gasteiger partial charge in [-0.25, -0.2) is 9.78 Å². The highest BCUT2D eigenvalue weighted by atomic mass is 19.4. The largest absolute Gasteiger partial charge is 0.480 e. The topological polar surface area (TPSA) is 82.5 Å². The van der Waals surface area contributed by atoms with Crippen LogP contribution in [0.1, 0.15) is 69.3 Å². The lowest BCUT2D eigenvalue weighted by atomic mass is 9.72. The number of hydrogen-bond donors (Lipinski definition) is 2. The van der Waals surface area contributed by atoms with Crippen LogP contribution >= 0.6 is 0 Å². The number of alkyl halides is 3. The van der Waals surface area contributed by atoms with Gasteiger partial charge in [0.25, 0.3) is 0 Å². The van der Waals surface area contributed by atoms with E-state index in [1.807, 2.05) is 51.1 Å². The van der Waals surface area contributed by atoms with E-state index in [4.69, 9.17) is 0 Å². The highest BCUT2D eigenvalue weighted by molar-refractivity contribution is 5.87. The van der Waals surface area contributed by atoms with E-state index in [0.717, 1.165) is 43.4 Å². The van der Waals surface area contributed by atoms with Crippen molar-refractivity contribution < 1.29 is 27.9 Å². The average Bonchev–Trinajstić information content (AvgIpc) is 3.56. The summed E-state index contributed by atoms with van der Waals surface area (Å²) >= 11 is 0. The summed E-state index contributed by atoms with van der Waals surface area (Å²) in [5.74, 6) is -1.35. The molecule has 3 fully saturated rings. The number of halogens is 3. The average molecular weight is 544 g/mol. The van der Waals surface area contributed by atoms with Crippen molar-refractivity contribution in [2.24, 2.45) is 29.1 Å². The number of carbonyl (C=O) groups is 2. The highest BCUT2D eigenvalue weighted by Crippen LogP contribution is 2.54. The zero-order valence-electron chi connectivity index (χ0n) is 22.7. The van der Waals surface area contributed by atoms with Gasteiger partial charge in [-0.2, -0.15) is 13.2 Å². The molecule has 2 saturated carbocycles. The van der Waals surface area contributed by atoms with Crippen molar-refractivity contribution in [2.45, 2.75) is 77.7 Å². The Bertz CT molecular complexity index is 1240. The fourth-order valence-electron chi connectivity index (χ4n) is 7.47. The number of aryl methyl sites for hydroxylation is 1. The number of carboxylic acid groups (broad SMARTS) is 1. The Hall–Kier alpha value is -3.10. The van der Waals surface area contributed by atoms with Gasteiger partial charge in [-0.15, -0.1) is 0 Å². The number of nitrogens with zero attached hydrogens (tertiary/aromatic N) is 2. The van der Waals surface area contributed by atoms with Gasteiger partial charge in [0, 0.05) is 17.5 Å². The molecule has 2 bridgehead atoms. The number of likely N-dealkylation sites (tertiary alicyclic amines) is 1. The SMILES string of the molecule is Cc1cc(C(F)(F)F)cc(NC2C(c3ccccc3)N(C(=O)[C@H]3C[C@H]4CC[C@@H]3C4)C(C(=O)O)C2C(C)(C)C)n1. The quantitative estimate of drug-likeness (QED) is 0.461. The molecule has 1 saturated heterocycles. The van der Waals surface area contributed by atoms with E-state index in [9.17, 15) is 27.9 Å². The van der Waals surface area contributed by atoms with Gasteiger partial charge in [0.05, 0.1) is 17.6 Å². The molecule has 5 rings (SSSR count). The number of fused-ring (bicyclic) bond motifs is 2. The molecular weight excluding hydrogens is 507 g/mol. The second-order valence-electron chi connectivity index (χ2n) is 12.6. The Morgan fingerprint density at radius 1 is 1.05 bits per heavy atom. The van der Waals surface area contributed by atoms with E-state index in [2.05, 4.69) is 10.3 Å². The molecular formula is C30H36F3N3O3. The van der Waals surface area contributed by atoms with Crippen molar-refractivity contribution in [3.8, 4) is 0 Å². The van der Waals surface area contributed by atoms with Crippen LogP contribution in [0.15, 0.2) is 42.5 Å². The molecule has 1 aromatic heterocycles. The van der Waals surface area contributed by atoms with E-state index >= 15 is 0 Å². The number of carboxylic acids is 1. The summed E-state index contributed by atoms with van der Waals surface area (Å²) in [5.41, 5.74) is -0.496. The standard InChI is InChI=1S/C30H36F3N3O3/c1-16-12-20(30(31,32)33)15-22(34-16)35-24-23(29(2,3)4)26(28(38)39)36(25(24)18-8-6-5-7-9-18)27(37)21-14-17-10-11-19(21)13-17/h5-9,12,15,17,19,21,23-26H,10-11,13-14H2,1-4H3,(H,34,35)(H,38,39)/t17-,19+,21-,23?,24?,25?,26?/m0/s1. The van der Waals surface area contributed by atoms with Crippen LogP contribution in [-0.2, 0) is 15.8 Å². The first kappa shape index (κ1) is 27.5. The monoisotopic (exact) mass is 543 g/mol. The summed E-state index contributed by atoms with van der Waals surface area (Å²) in [6.07, 6.45) is -0.722. The van der Waals surface area contributed by atoms with E-state index in [1.54, 1.807) is 4.90 Å². The Kier molecular flexibility index (Phi) is 6.92. The number of carbonyl (C=O) groups excluding carboxylic acids is 1. The lowest BCUT2D eigenvalue weighted by molar-refractivity contribution is -0.154. The van der Waals surface area contributed by atoms with Crippen LogP contribution in [0, 0.1) is 36.0 Å². The van der Waals surface area contributed by atoms with Crippen LogP contribution in [0.25, 0.3) is 0 Å². The van der Waals surface area contributed by atoms with Crippen LogP contribution in [0.2, 0.25) is 0 Å². The molecule has 2 heterocycles. The minimum Gasteiger partial charge on any atom is -0.480 e. The minimum atomic E-state index is -4.56. The molecule has 210 valence electrons. The summed E-state index contributed by atoms with van der Waals surface area (Å²) in [7, 11) is 0. The summed E-state index contributed by atoms with van der Waals surface area (Å²) in [5, 5.41) is 13.8. The molecule has 0 spiro atoms. The first-order valence-electron chi connectivity index (χ1n) is 13.7. The number of rotatable bonds is 5. The van der Waals surface area contributed by atoms with Gasteiger partial charge >= 0.3 is 12.1 Å². The normalized spacial score (nSPS) is 30.5. The number of pyridine rings is 1. The zero-order valence-corrected chi connectivity index (χ0v) is 22.7. The van der Waals surface area contributed by atoms with Gasteiger partial charge in [0.15, 0.2) is 0 Å². The smallest absolute Gasteiger partial charge is 0.416 e. The number of hydrogen-bond acceptors (Lipinski definition) is 4. The molecule has 6 nitrogen and oxygen atoms in total. The fourth-order valence-corrected chi connectivity index (χ4v) is 7.47. The van der Waals surface area contributed by atoms with Crippen molar-refractivity contribution in [1.82, 2.24) is 9.88 Å². The van der Waals surface area contributed by atoms with Crippen molar-refractivity contribution in [2.75, 3.05) is 5.32 Å². The van der Waals surface area contributed by atoms with Gasteiger partial charge in [-0.05, 0) is 61.1 Å². The zero-order chi connectivity index (χ0) is 28.3. The van der Waals surface area contributed by atoms with Crippen molar-refractivity contribution in [3.63, 3.8) is 0 Å². The lowest BCUT2D eigenvalue weighted by Crippen LogP contribution is -2.49. The van der Waals surface area contributed by atoms with Crippen LogP contribution in [0.5, 0.6) is 0 Å². The molecule has 0 radical (unpaired) electrons. The van der Waals surface area contributed by atoms with Gasteiger partial charge in [-0.3, -0.25) is 4.79 Å². The van der Waals surface area contributed by atoms with Gasteiger partial charge in [0.2, 0.25) is 5.91 Å². The molecule has 3 aliphatic rings. The van der Waals surface area contributed by atoms with E-state index < -0.39 is 47.2 Å². The number of benzene rings is 1. The fraction of sp³-hybridized carbons (Fsp3) is 0.567. The number of amides is 1. The predicted molar refractivity (Wildman–Crippen MR) is 141 cm³/mol.